The normalized spacial score (nSPS) is 21.6. The van der Waals surface area contributed by atoms with E-state index >= 15 is 0 Å². The predicted molar refractivity (Wildman–Crippen MR) is 86.5 cm³/mol. The molecule has 1 aromatic heterocycles. The molecule has 0 spiro atoms. The fraction of sp³-hybridized carbons (Fsp3) is 0.412. The number of aromatic nitrogens is 2. The van der Waals surface area contributed by atoms with Crippen molar-refractivity contribution >= 4 is 5.95 Å². The number of hydrogen-bond donors (Lipinski definition) is 1. The third kappa shape index (κ3) is 3.65. The highest BCUT2D eigenvalue weighted by atomic mass is 19.1. The van der Waals surface area contributed by atoms with Crippen molar-refractivity contribution in [2.24, 2.45) is 0 Å². The number of rotatable bonds is 4. The Hall–Kier alpha value is -2.05. The Kier molecular flexibility index (Phi) is 4.54. The van der Waals surface area contributed by atoms with Crippen molar-refractivity contribution in [1.82, 2.24) is 14.9 Å². The maximum atomic E-state index is 13.5. The van der Waals surface area contributed by atoms with Gasteiger partial charge in [0, 0.05) is 51.2 Å². The van der Waals surface area contributed by atoms with Gasteiger partial charge >= 0.3 is 0 Å². The summed E-state index contributed by atoms with van der Waals surface area (Å²) in [6.07, 6.45) is 3.82. The van der Waals surface area contributed by atoms with Crippen LogP contribution in [0.3, 0.4) is 0 Å². The lowest BCUT2D eigenvalue weighted by atomic mass is 10.0. The second-order valence-electron chi connectivity index (χ2n) is 6.18. The smallest absolute Gasteiger partial charge is 0.224 e. The van der Waals surface area contributed by atoms with Crippen molar-refractivity contribution in [2.45, 2.75) is 25.1 Å². The van der Waals surface area contributed by atoms with Gasteiger partial charge in [-0.1, -0.05) is 12.1 Å². The molecule has 1 fully saturated rings. The molecule has 1 saturated heterocycles. The first kappa shape index (κ1) is 15.8. The summed E-state index contributed by atoms with van der Waals surface area (Å²) < 4.78 is 13.5. The van der Waals surface area contributed by atoms with Crippen LogP contribution in [0.2, 0.25) is 0 Å². The lowest BCUT2D eigenvalue weighted by molar-refractivity contribution is 0.172. The van der Waals surface area contributed by atoms with E-state index in [0.29, 0.717) is 25.5 Å². The van der Waals surface area contributed by atoms with Crippen LogP contribution in [0.5, 0.6) is 0 Å². The van der Waals surface area contributed by atoms with Crippen molar-refractivity contribution in [1.29, 1.82) is 0 Å². The van der Waals surface area contributed by atoms with Crippen LogP contribution in [-0.2, 0) is 6.54 Å². The molecule has 0 aliphatic carbocycles. The van der Waals surface area contributed by atoms with Crippen LogP contribution in [0, 0.1) is 5.82 Å². The maximum absolute atomic E-state index is 13.5. The second kappa shape index (κ2) is 6.60. The van der Waals surface area contributed by atoms with E-state index < -0.39 is 6.10 Å². The quantitative estimate of drug-likeness (QED) is 0.935. The summed E-state index contributed by atoms with van der Waals surface area (Å²) in [6.45, 7) is 1.20. The van der Waals surface area contributed by atoms with E-state index in [-0.39, 0.29) is 11.9 Å². The number of likely N-dealkylation sites (tertiary alicyclic amines) is 1. The van der Waals surface area contributed by atoms with Crippen LogP contribution in [0.4, 0.5) is 10.3 Å². The van der Waals surface area contributed by atoms with Gasteiger partial charge < -0.3 is 10.0 Å². The summed E-state index contributed by atoms with van der Waals surface area (Å²) in [6, 6.07) is 6.61. The number of benzene rings is 1. The summed E-state index contributed by atoms with van der Waals surface area (Å²) in [5.41, 5.74) is 1.87. The summed E-state index contributed by atoms with van der Waals surface area (Å²) in [7, 11) is 3.79. The van der Waals surface area contributed by atoms with Crippen LogP contribution < -0.4 is 4.90 Å². The van der Waals surface area contributed by atoms with E-state index in [2.05, 4.69) is 14.9 Å². The summed E-state index contributed by atoms with van der Waals surface area (Å²) in [4.78, 5) is 12.6. The Balaban J connectivity index is 1.77. The first-order valence-electron chi connectivity index (χ1n) is 7.69. The first-order valence-corrected chi connectivity index (χ1v) is 7.69. The van der Waals surface area contributed by atoms with Crippen molar-refractivity contribution in [2.75, 3.05) is 25.5 Å². The fourth-order valence-electron chi connectivity index (χ4n) is 3.01. The first-order chi connectivity index (χ1) is 11.0. The highest BCUT2D eigenvalue weighted by Gasteiger charge is 2.32. The average Bonchev–Trinajstić information content (AvgIpc) is 2.88. The van der Waals surface area contributed by atoms with Crippen LogP contribution in [-0.4, -0.2) is 46.7 Å². The van der Waals surface area contributed by atoms with Gasteiger partial charge in [0.05, 0.1) is 6.10 Å². The number of aliphatic hydroxyl groups excluding tert-OH is 1. The monoisotopic (exact) mass is 316 g/mol. The standard InChI is InChI=1S/C17H21FN4O/c1-21(2)17-19-8-12(9-20-17)10-22-11-15(23)7-16(22)13-4-3-5-14(18)6-13/h3-6,8-9,15-16,23H,7,10-11H2,1-2H3/t15-,16+/m1/s1. The molecule has 1 aromatic carbocycles. The molecule has 1 aliphatic rings. The van der Waals surface area contributed by atoms with Crippen molar-refractivity contribution in [3.63, 3.8) is 0 Å². The lowest BCUT2D eigenvalue weighted by Crippen LogP contribution is -2.24. The number of nitrogens with zero attached hydrogens (tertiary/aromatic N) is 4. The van der Waals surface area contributed by atoms with Gasteiger partial charge in [-0.2, -0.15) is 0 Å². The number of aliphatic hydroxyl groups is 1. The minimum Gasteiger partial charge on any atom is -0.392 e. The molecule has 2 heterocycles. The van der Waals surface area contributed by atoms with Gasteiger partial charge in [0.25, 0.3) is 0 Å². The van der Waals surface area contributed by atoms with E-state index in [1.807, 2.05) is 25.1 Å². The molecule has 0 unspecified atom stereocenters. The highest BCUT2D eigenvalue weighted by Crippen LogP contribution is 2.33. The summed E-state index contributed by atoms with van der Waals surface area (Å²) in [5, 5.41) is 10.0. The Bertz CT molecular complexity index is 662. The van der Waals surface area contributed by atoms with Gasteiger partial charge in [-0.3, -0.25) is 4.90 Å². The topological polar surface area (TPSA) is 52.5 Å². The molecule has 1 aliphatic heterocycles. The number of anilines is 1. The Morgan fingerprint density at radius 3 is 2.70 bits per heavy atom. The van der Waals surface area contributed by atoms with Crippen LogP contribution >= 0.6 is 0 Å². The molecular weight excluding hydrogens is 295 g/mol. The third-order valence-corrected chi connectivity index (χ3v) is 4.09. The van der Waals surface area contributed by atoms with Gasteiger partial charge in [0.15, 0.2) is 0 Å². The molecule has 122 valence electrons. The minimum absolute atomic E-state index is 0.00854. The number of hydrogen-bond acceptors (Lipinski definition) is 5. The Morgan fingerprint density at radius 2 is 2.04 bits per heavy atom. The maximum Gasteiger partial charge on any atom is 0.224 e. The largest absolute Gasteiger partial charge is 0.392 e. The molecule has 0 radical (unpaired) electrons. The van der Waals surface area contributed by atoms with E-state index in [4.69, 9.17) is 0 Å². The van der Waals surface area contributed by atoms with Crippen molar-refractivity contribution < 1.29 is 9.50 Å². The minimum atomic E-state index is -0.398. The number of β-amino-alcohol motifs (C(OH)–C–C–N with tert-alkyl or cyclic N) is 1. The fourth-order valence-corrected chi connectivity index (χ4v) is 3.01. The van der Waals surface area contributed by atoms with Gasteiger partial charge in [0.1, 0.15) is 5.82 Å². The lowest BCUT2D eigenvalue weighted by Gasteiger charge is -2.24. The second-order valence-corrected chi connectivity index (χ2v) is 6.18. The SMILES string of the molecule is CN(C)c1ncc(CN2C[C@H](O)C[C@H]2c2cccc(F)c2)cn1. The number of halogens is 1. The molecule has 6 heteroatoms. The average molecular weight is 316 g/mol. The molecular formula is C17H21FN4O. The van der Waals surface area contributed by atoms with Gasteiger partial charge in [-0.25, -0.2) is 14.4 Å². The molecule has 0 saturated carbocycles. The summed E-state index contributed by atoms with van der Waals surface area (Å²) >= 11 is 0. The van der Waals surface area contributed by atoms with Crippen LogP contribution in [0.1, 0.15) is 23.6 Å². The zero-order chi connectivity index (χ0) is 16.4. The van der Waals surface area contributed by atoms with Gasteiger partial charge in [-0.05, 0) is 24.1 Å². The zero-order valence-corrected chi connectivity index (χ0v) is 13.4. The molecule has 0 amide bonds. The van der Waals surface area contributed by atoms with Crippen LogP contribution in [0.15, 0.2) is 36.7 Å². The van der Waals surface area contributed by atoms with Gasteiger partial charge in [-0.15, -0.1) is 0 Å². The van der Waals surface area contributed by atoms with Crippen molar-refractivity contribution in [3.8, 4) is 0 Å². The summed E-state index contributed by atoms with van der Waals surface area (Å²) in [5.74, 6) is 0.416. The molecule has 23 heavy (non-hydrogen) atoms. The molecule has 1 N–H and O–H groups in total. The van der Waals surface area contributed by atoms with E-state index in [0.717, 1.165) is 11.1 Å². The molecule has 5 nitrogen and oxygen atoms in total. The third-order valence-electron chi connectivity index (χ3n) is 4.09. The molecule has 3 rings (SSSR count). The Labute approximate surface area is 135 Å². The van der Waals surface area contributed by atoms with Crippen LogP contribution in [0.25, 0.3) is 0 Å². The predicted octanol–water partition coefficient (Wildman–Crippen LogP) is 1.99. The van der Waals surface area contributed by atoms with Crippen molar-refractivity contribution in [3.05, 3.63) is 53.6 Å². The highest BCUT2D eigenvalue weighted by molar-refractivity contribution is 5.27. The Morgan fingerprint density at radius 1 is 1.30 bits per heavy atom. The van der Waals surface area contributed by atoms with E-state index in [9.17, 15) is 9.50 Å². The molecule has 2 atom stereocenters. The van der Waals surface area contributed by atoms with Gasteiger partial charge in [0.2, 0.25) is 5.95 Å². The van der Waals surface area contributed by atoms with E-state index in [1.54, 1.807) is 24.5 Å². The zero-order valence-electron chi connectivity index (χ0n) is 13.4. The molecule has 0 bridgehead atoms. The van der Waals surface area contributed by atoms with E-state index in [1.165, 1.54) is 6.07 Å². The molecule has 2 aromatic rings.